The average Bonchev–Trinajstić information content (AvgIpc) is 2.53. The number of ether oxygens (including phenoxy) is 2. The van der Waals surface area contributed by atoms with E-state index in [0.717, 1.165) is 17.2 Å². The van der Waals surface area contributed by atoms with Crippen LogP contribution in [0.15, 0.2) is 48.5 Å². The number of methoxy groups -OCH3 is 1. The van der Waals surface area contributed by atoms with Gasteiger partial charge in [-0.15, -0.1) is 0 Å². The molecule has 23 heavy (non-hydrogen) atoms. The molecule has 0 bridgehead atoms. The van der Waals surface area contributed by atoms with Gasteiger partial charge in [-0.25, -0.2) is 0 Å². The molecule has 0 aliphatic carbocycles. The number of anilines is 1. The lowest BCUT2D eigenvalue weighted by Gasteiger charge is -2.18. The average molecular weight is 330 g/mol. The summed E-state index contributed by atoms with van der Waals surface area (Å²) in [5.41, 5.74) is 2.16. The fourth-order valence-corrected chi connectivity index (χ4v) is 2.43. The third kappa shape index (κ3) is 5.45. The van der Waals surface area contributed by atoms with E-state index in [2.05, 4.69) is 10.6 Å². The Hall–Kier alpha value is -2.27. The molecule has 2 rings (SSSR count). The third-order valence-electron chi connectivity index (χ3n) is 3.21. The standard InChI is InChI=1S/C18H22N2O2S/c1-13-7-6-8-15(11-13)20-18(23)19-14(2)12-22-17-10-5-4-9-16(17)21-3/h4-11,14H,12H2,1-3H3,(H2,19,20,23)/t14-/m1/s1. The molecule has 0 aliphatic rings. The van der Waals surface area contributed by atoms with E-state index >= 15 is 0 Å². The summed E-state index contributed by atoms with van der Waals surface area (Å²) in [5.74, 6) is 1.45. The van der Waals surface area contributed by atoms with Gasteiger partial charge in [-0.2, -0.15) is 0 Å². The molecule has 0 amide bonds. The van der Waals surface area contributed by atoms with E-state index < -0.39 is 0 Å². The minimum Gasteiger partial charge on any atom is -0.493 e. The van der Waals surface area contributed by atoms with Gasteiger partial charge in [-0.05, 0) is 55.9 Å². The molecule has 2 N–H and O–H groups in total. The van der Waals surface area contributed by atoms with Crippen molar-refractivity contribution in [3.05, 3.63) is 54.1 Å². The van der Waals surface area contributed by atoms with E-state index in [4.69, 9.17) is 21.7 Å². The molecule has 0 unspecified atom stereocenters. The Kier molecular flexibility index (Phi) is 6.23. The lowest BCUT2D eigenvalue weighted by Crippen LogP contribution is -2.39. The molecule has 0 heterocycles. The number of benzene rings is 2. The van der Waals surface area contributed by atoms with Crippen LogP contribution in [-0.2, 0) is 0 Å². The Morgan fingerprint density at radius 2 is 1.87 bits per heavy atom. The normalized spacial score (nSPS) is 11.4. The molecule has 0 saturated heterocycles. The van der Waals surface area contributed by atoms with Crippen molar-refractivity contribution >= 4 is 23.0 Å². The predicted molar refractivity (Wildman–Crippen MR) is 98.5 cm³/mol. The van der Waals surface area contributed by atoms with E-state index in [-0.39, 0.29) is 6.04 Å². The molecule has 4 nitrogen and oxygen atoms in total. The van der Waals surface area contributed by atoms with E-state index in [9.17, 15) is 0 Å². The summed E-state index contributed by atoms with van der Waals surface area (Å²) >= 11 is 5.33. The summed E-state index contributed by atoms with van der Waals surface area (Å²) in [7, 11) is 1.63. The van der Waals surface area contributed by atoms with Crippen LogP contribution in [0.2, 0.25) is 0 Å². The van der Waals surface area contributed by atoms with Crippen molar-refractivity contribution in [2.45, 2.75) is 19.9 Å². The summed E-state index contributed by atoms with van der Waals surface area (Å²) in [4.78, 5) is 0. The van der Waals surface area contributed by atoms with Gasteiger partial charge in [0.1, 0.15) is 6.61 Å². The minimum absolute atomic E-state index is 0.0599. The van der Waals surface area contributed by atoms with E-state index in [0.29, 0.717) is 11.7 Å². The lowest BCUT2D eigenvalue weighted by molar-refractivity contribution is 0.270. The third-order valence-corrected chi connectivity index (χ3v) is 3.43. The van der Waals surface area contributed by atoms with Crippen molar-refractivity contribution in [3.63, 3.8) is 0 Å². The Bertz CT molecular complexity index is 661. The Morgan fingerprint density at radius 1 is 1.13 bits per heavy atom. The highest BCUT2D eigenvalue weighted by Gasteiger charge is 2.08. The summed E-state index contributed by atoms with van der Waals surface area (Å²) in [6.45, 7) is 4.54. The zero-order valence-electron chi connectivity index (χ0n) is 13.6. The van der Waals surface area contributed by atoms with Gasteiger partial charge in [0.2, 0.25) is 0 Å². The molecule has 5 heteroatoms. The maximum absolute atomic E-state index is 5.79. The molecule has 122 valence electrons. The van der Waals surface area contributed by atoms with Crippen molar-refractivity contribution < 1.29 is 9.47 Å². The Morgan fingerprint density at radius 3 is 2.57 bits per heavy atom. The number of para-hydroxylation sites is 2. The van der Waals surface area contributed by atoms with Gasteiger partial charge < -0.3 is 20.1 Å². The van der Waals surface area contributed by atoms with Crippen LogP contribution < -0.4 is 20.1 Å². The van der Waals surface area contributed by atoms with Crippen molar-refractivity contribution in [2.75, 3.05) is 19.0 Å². The van der Waals surface area contributed by atoms with Crippen LogP contribution in [0.1, 0.15) is 12.5 Å². The molecule has 0 aromatic heterocycles. The van der Waals surface area contributed by atoms with Crippen LogP contribution in [0.4, 0.5) is 5.69 Å². The van der Waals surface area contributed by atoms with Crippen LogP contribution in [0, 0.1) is 6.92 Å². The first-order valence-corrected chi connectivity index (χ1v) is 7.89. The highest BCUT2D eigenvalue weighted by atomic mass is 32.1. The molecule has 0 fully saturated rings. The number of hydrogen-bond acceptors (Lipinski definition) is 3. The van der Waals surface area contributed by atoms with Gasteiger partial charge in [0.25, 0.3) is 0 Å². The molecule has 1 atom stereocenters. The van der Waals surface area contributed by atoms with Gasteiger partial charge in [0, 0.05) is 5.69 Å². The maximum atomic E-state index is 5.79. The maximum Gasteiger partial charge on any atom is 0.171 e. The van der Waals surface area contributed by atoms with E-state index in [1.54, 1.807) is 7.11 Å². The van der Waals surface area contributed by atoms with E-state index in [1.165, 1.54) is 5.56 Å². The number of rotatable bonds is 6. The van der Waals surface area contributed by atoms with Gasteiger partial charge in [-0.1, -0.05) is 24.3 Å². The number of aryl methyl sites for hydroxylation is 1. The number of hydrogen-bond donors (Lipinski definition) is 2. The number of nitrogens with one attached hydrogen (secondary N) is 2. The van der Waals surface area contributed by atoms with E-state index in [1.807, 2.05) is 62.4 Å². The van der Waals surface area contributed by atoms with Crippen molar-refractivity contribution in [1.29, 1.82) is 0 Å². The van der Waals surface area contributed by atoms with Crippen molar-refractivity contribution in [3.8, 4) is 11.5 Å². The van der Waals surface area contributed by atoms with Gasteiger partial charge >= 0.3 is 0 Å². The second-order valence-corrected chi connectivity index (χ2v) is 5.74. The van der Waals surface area contributed by atoms with Gasteiger partial charge in [0.15, 0.2) is 16.6 Å². The molecule has 0 spiro atoms. The first-order valence-electron chi connectivity index (χ1n) is 7.48. The monoisotopic (exact) mass is 330 g/mol. The SMILES string of the molecule is COc1ccccc1OC[C@@H](C)NC(=S)Nc1cccc(C)c1. The molecular weight excluding hydrogens is 308 g/mol. The van der Waals surface area contributed by atoms with Crippen molar-refractivity contribution in [1.82, 2.24) is 5.32 Å². The van der Waals surface area contributed by atoms with Crippen LogP contribution in [0.3, 0.4) is 0 Å². The minimum atomic E-state index is 0.0599. The zero-order valence-corrected chi connectivity index (χ0v) is 14.4. The topological polar surface area (TPSA) is 42.5 Å². The molecule has 0 saturated carbocycles. The Labute approximate surface area is 142 Å². The van der Waals surface area contributed by atoms with Crippen molar-refractivity contribution in [2.24, 2.45) is 0 Å². The second kappa shape index (κ2) is 8.39. The molecule has 0 radical (unpaired) electrons. The lowest BCUT2D eigenvalue weighted by atomic mass is 10.2. The summed E-state index contributed by atoms with van der Waals surface area (Å²) in [6.07, 6.45) is 0. The molecule has 2 aromatic rings. The van der Waals surface area contributed by atoms with Gasteiger partial charge in [-0.3, -0.25) is 0 Å². The summed E-state index contributed by atoms with van der Waals surface area (Å²) < 4.78 is 11.1. The van der Waals surface area contributed by atoms with Crippen LogP contribution in [0.5, 0.6) is 11.5 Å². The largest absolute Gasteiger partial charge is 0.493 e. The highest BCUT2D eigenvalue weighted by molar-refractivity contribution is 7.80. The summed E-state index contributed by atoms with van der Waals surface area (Å²) in [5, 5.41) is 6.96. The first-order chi connectivity index (χ1) is 11.1. The second-order valence-electron chi connectivity index (χ2n) is 5.33. The predicted octanol–water partition coefficient (Wildman–Crippen LogP) is 3.76. The van der Waals surface area contributed by atoms with Crippen LogP contribution in [0.25, 0.3) is 0 Å². The Balaban J connectivity index is 1.82. The highest BCUT2D eigenvalue weighted by Crippen LogP contribution is 2.25. The molecule has 0 aliphatic heterocycles. The van der Waals surface area contributed by atoms with Gasteiger partial charge in [0.05, 0.1) is 13.2 Å². The first kappa shape index (κ1) is 17.1. The fraction of sp³-hybridized carbons (Fsp3) is 0.278. The van der Waals surface area contributed by atoms with Crippen LogP contribution >= 0.6 is 12.2 Å². The number of thiocarbonyl (C=S) groups is 1. The molecule has 2 aromatic carbocycles. The quantitative estimate of drug-likeness (QED) is 0.790. The summed E-state index contributed by atoms with van der Waals surface area (Å²) in [6, 6.07) is 15.7. The zero-order chi connectivity index (χ0) is 16.7. The fourth-order valence-electron chi connectivity index (χ4n) is 2.11. The van der Waals surface area contributed by atoms with Crippen LogP contribution in [-0.4, -0.2) is 24.9 Å². The molecular formula is C18H22N2O2S. The smallest absolute Gasteiger partial charge is 0.171 e.